The van der Waals surface area contributed by atoms with Crippen LogP contribution in [0.1, 0.15) is 27.7 Å². The Kier molecular flexibility index (Phi) is 4.75. The average molecular weight is 266 g/mol. The molecular weight excluding hydrogens is 244 g/mol. The zero-order valence-corrected chi connectivity index (χ0v) is 12.2. The van der Waals surface area contributed by atoms with E-state index in [-0.39, 0.29) is 16.9 Å². The van der Waals surface area contributed by atoms with Gasteiger partial charge in [0.15, 0.2) is 5.75 Å². The van der Waals surface area contributed by atoms with Crippen molar-refractivity contribution in [3.63, 3.8) is 0 Å². The Hall–Kier alpha value is -1.78. The van der Waals surface area contributed by atoms with Gasteiger partial charge in [-0.05, 0) is 23.5 Å². The van der Waals surface area contributed by atoms with Crippen molar-refractivity contribution < 1.29 is 9.66 Å². The molecule has 0 atom stereocenters. The van der Waals surface area contributed by atoms with Gasteiger partial charge in [0.1, 0.15) is 5.69 Å². The maximum Gasteiger partial charge on any atom is 0.333 e. The van der Waals surface area contributed by atoms with Gasteiger partial charge in [0.25, 0.3) is 0 Å². The average Bonchev–Trinajstić information content (AvgIpc) is 2.35. The van der Waals surface area contributed by atoms with Crippen LogP contribution in [0, 0.1) is 21.4 Å². The molecule has 0 aliphatic carbocycles. The minimum absolute atomic E-state index is 0.00967. The maximum atomic E-state index is 11.1. The minimum atomic E-state index is -0.413. The lowest BCUT2D eigenvalue weighted by Gasteiger charge is -2.29. The van der Waals surface area contributed by atoms with E-state index in [4.69, 9.17) is 4.74 Å². The molecule has 1 aromatic carbocycles. The molecule has 5 nitrogen and oxygen atoms in total. The molecule has 0 aliphatic rings. The van der Waals surface area contributed by atoms with Gasteiger partial charge in [0.05, 0.1) is 12.0 Å². The van der Waals surface area contributed by atoms with Crippen LogP contribution in [0.4, 0.5) is 11.4 Å². The van der Waals surface area contributed by atoms with Gasteiger partial charge in [-0.25, -0.2) is 0 Å². The summed E-state index contributed by atoms with van der Waals surface area (Å²) in [5.74, 6) is 0.752. The van der Waals surface area contributed by atoms with Gasteiger partial charge in [-0.1, -0.05) is 33.8 Å². The van der Waals surface area contributed by atoms with Crippen molar-refractivity contribution in [1.82, 2.24) is 0 Å². The van der Waals surface area contributed by atoms with Crippen LogP contribution in [-0.4, -0.2) is 18.6 Å². The Morgan fingerprint density at radius 1 is 1.42 bits per heavy atom. The number of nitro benzene ring substituents is 1. The van der Waals surface area contributed by atoms with E-state index < -0.39 is 4.92 Å². The first-order valence-corrected chi connectivity index (χ1v) is 6.35. The molecule has 0 saturated carbocycles. The third-order valence-electron chi connectivity index (χ3n) is 3.70. The first-order valence-electron chi connectivity index (χ1n) is 6.35. The highest BCUT2D eigenvalue weighted by atomic mass is 16.6. The van der Waals surface area contributed by atoms with E-state index in [9.17, 15) is 10.1 Å². The summed E-state index contributed by atoms with van der Waals surface area (Å²) in [7, 11) is 1.43. The Bertz CT molecular complexity index is 456. The number of anilines is 1. The summed E-state index contributed by atoms with van der Waals surface area (Å²) in [6.45, 7) is 9.22. The lowest BCUT2D eigenvalue weighted by molar-refractivity contribution is -0.384. The van der Waals surface area contributed by atoms with E-state index in [0.29, 0.717) is 18.2 Å². The molecule has 106 valence electrons. The molecular formula is C14H22N2O3. The van der Waals surface area contributed by atoms with Gasteiger partial charge in [-0.3, -0.25) is 10.1 Å². The van der Waals surface area contributed by atoms with Crippen LogP contribution in [0.3, 0.4) is 0 Å². The summed E-state index contributed by atoms with van der Waals surface area (Å²) >= 11 is 0. The summed E-state index contributed by atoms with van der Waals surface area (Å²) in [6, 6.07) is 5.05. The highest BCUT2D eigenvalue weighted by Gasteiger charge is 2.25. The van der Waals surface area contributed by atoms with Crippen LogP contribution in [0.5, 0.6) is 5.75 Å². The molecule has 0 amide bonds. The first-order chi connectivity index (χ1) is 8.79. The summed E-state index contributed by atoms with van der Waals surface area (Å²) in [5, 5.41) is 14.3. The summed E-state index contributed by atoms with van der Waals surface area (Å²) in [5.41, 5.74) is 0.541. The number of benzene rings is 1. The molecule has 0 bridgehead atoms. The Morgan fingerprint density at radius 3 is 2.53 bits per heavy atom. The third kappa shape index (κ3) is 3.59. The number of nitrogens with zero attached hydrogens (tertiary/aromatic N) is 1. The fourth-order valence-electron chi connectivity index (χ4n) is 1.55. The van der Waals surface area contributed by atoms with E-state index in [2.05, 4.69) is 33.0 Å². The lowest BCUT2D eigenvalue weighted by Crippen LogP contribution is -2.28. The molecule has 0 aliphatic heterocycles. The minimum Gasteiger partial charge on any atom is -0.490 e. The molecule has 1 N–H and O–H groups in total. The van der Waals surface area contributed by atoms with Crippen molar-refractivity contribution in [2.45, 2.75) is 27.7 Å². The van der Waals surface area contributed by atoms with Gasteiger partial charge >= 0.3 is 5.69 Å². The second-order valence-electron chi connectivity index (χ2n) is 5.61. The fraction of sp³-hybridized carbons (Fsp3) is 0.571. The molecule has 1 rings (SSSR count). The zero-order valence-electron chi connectivity index (χ0n) is 12.2. The number of hydrogen-bond donors (Lipinski definition) is 1. The Labute approximate surface area is 114 Å². The number of rotatable bonds is 6. The van der Waals surface area contributed by atoms with Crippen LogP contribution in [-0.2, 0) is 0 Å². The number of nitro groups is 1. The topological polar surface area (TPSA) is 64.4 Å². The van der Waals surface area contributed by atoms with Crippen molar-refractivity contribution in [3.05, 3.63) is 28.3 Å². The standard InChI is InChI=1S/C14H22N2O3/c1-10(2)14(3,4)9-15-11-7-6-8-12(19-5)13(11)16(17)18/h6-8,10,15H,9H2,1-5H3. The quantitative estimate of drug-likeness (QED) is 0.630. The first kappa shape index (κ1) is 15.3. The van der Waals surface area contributed by atoms with Crippen molar-refractivity contribution in [1.29, 1.82) is 0 Å². The third-order valence-corrected chi connectivity index (χ3v) is 3.70. The molecule has 0 spiro atoms. The molecule has 0 aromatic heterocycles. The van der Waals surface area contributed by atoms with E-state index in [1.165, 1.54) is 7.11 Å². The molecule has 0 saturated heterocycles. The number of nitrogens with one attached hydrogen (secondary N) is 1. The van der Waals surface area contributed by atoms with Gasteiger partial charge in [0, 0.05) is 6.54 Å². The number of para-hydroxylation sites is 1. The number of hydrogen-bond acceptors (Lipinski definition) is 4. The SMILES string of the molecule is COc1cccc(NCC(C)(C)C(C)C)c1[N+](=O)[O-]. The van der Waals surface area contributed by atoms with Crippen LogP contribution < -0.4 is 10.1 Å². The van der Waals surface area contributed by atoms with E-state index in [1.54, 1.807) is 18.2 Å². The summed E-state index contributed by atoms with van der Waals surface area (Å²) in [6.07, 6.45) is 0. The molecule has 0 unspecified atom stereocenters. The molecule has 0 radical (unpaired) electrons. The van der Waals surface area contributed by atoms with Crippen molar-refractivity contribution >= 4 is 11.4 Å². The second-order valence-corrected chi connectivity index (χ2v) is 5.61. The Balaban J connectivity index is 2.99. The molecule has 1 aromatic rings. The molecule has 19 heavy (non-hydrogen) atoms. The van der Waals surface area contributed by atoms with E-state index in [0.717, 1.165) is 0 Å². The predicted octanol–water partition coefficient (Wildman–Crippen LogP) is 3.70. The predicted molar refractivity (Wildman–Crippen MR) is 76.8 cm³/mol. The van der Waals surface area contributed by atoms with Crippen LogP contribution in [0.2, 0.25) is 0 Å². The number of ether oxygens (including phenoxy) is 1. The normalized spacial score (nSPS) is 11.5. The highest BCUT2D eigenvalue weighted by Crippen LogP contribution is 2.35. The Morgan fingerprint density at radius 2 is 2.05 bits per heavy atom. The van der Waals surface area contributed by atoms with E-state index >= 15 is 0 Å². The lowest BCUT2D eigenvalue weighted by atomic mass is 9.81. The zero-order chi connectivity index (χ0) is 14.6. The van der Waals surface area contributed by atoms with E-state index in [1.807, 2.05) is 0 Å². The second kappa shape index (κ2) is 5.91. The van der Waals surface area contributed by atoms with Crippen LogP contribution in [0.25, 0.3) is 0 Å². The van der Waals surface area contributed by atoms with Gasteiger partial charge in [-0.2, -0.15) is 0 Å². The van der Waals surface area contributed by atoms with Gasteiger partial charge in [-0.15, -0.1) is 0 Å². The van der Waals surface area contributed by atoms with Crippen LogP contribution in [0.15, 0.2) is 18.2 Å². The summed E-state index contributed by atoms with van der Waals surface area (Å²) in [4.78, 5) is 10.7. The highest BCUT2D eigenvalue weighted by molar-refractivity contribution is 5.68. The maximum absolute atomic E-state index is 11.1. The van der Waals surface area contributed by atoms with Crippen LogP contribution >= 0.6 is 0 Å². The largest absolute Gasteiger partial charge is 0.490 e. The monoisotopic (exact) mass is 266 g/mol. The van der Waals surface area contributed by atoms with Gasteiger partial charge in [0.2, 0.25) is 0 Å². The smallest absolute Gasteiger partial charge is 0.333 e. The molecule has 0 fully saturated rings. The van der Waals surface area contributed by atoms with Gasteiger partial charge < -0.3 is 10.1 Å². The number of methoxy groups -OCH3 is 1. The van der Waals surface area contributed by atoms with Crippen molar-refractivity contribution in [2.24, 2.45) is 11.3 Å². The molecule has 5 heteroatoms. The van der Waals surface area contributed by atoms with Crippen molar-refractivity contribution in [2.75, 3.05) is 19.0 Å². The fourth-order valence-corrected chi connectivity index (χ4v) is 1.55. The van der Waals surface area contributed by atoms with Crippen molar-refractivity contribution in [3.8, 4) is 5.75 Å². The molecule has 0 heterocycles. The summed E-state index contributed by atoms with van der Waals surface area (Å²) < 4.78 is 5.05.